The number of aryl methyl sites for hydroxylation is 1. The van der Waals surface area contributed by atoms with Gasteiger partial charge >= 0.3 is 11.9 Å². The first kappa shape index (κ1) is 23.6. The largest absolute Gasteiger partial charge is 0.473 e. The van der Waals surface area contributed by atoms with Crippen molar-refractivity contribution >= 4 is 17.9 Å². The van der Waals surface area contributed by atoms with E-state index in [4.69, 9.17) is 34.0 Å². The standard InChI is InChI=1S/C21H23N3O3.C2H2O4/c1-15-3-5-16(6-4-15)12-22-21-23-13-18(24(21)9-10-25-2)17-7-8-19-20(11-17)27-14-26-19;3-1(4)2(5)6/h3-8,11,13H,9-10,12,14H2,1-2H3,(H,22,23);(H,3,4)(H,5,6). The molecule has 0 fully saturated rings. The molecule has 0 spiro atoms. The van der Waals surface area contributed by atoms with Gasteiger partial charge in [-0.2, -0.15) is 0 Å². The quantitative estimate of drug-likeness (QED) is 0.460. The van der Waals surface area contributed by atoms with Crippen molar-refractivity contribution in [1.82, 2.24) is 9.55 Å². The predicted octanol–water partition coefficient (Wildman–Crippen LogP) is 3.00. The molecule has 3 aromatic rings. The number of carboxylic acid groups (broad SMARTS) is 2. The Morgan fingerprint density at radius 1 is 1.09 bits per heavy atom. The van der Waals surface area contributed by atoms with Crippen molar-refractivity contribution in [3.05, 3.63) is 59.8 Å². The van der Waals surface area contributed by atoms with Gasteiger partial charge in [0.25, 0.3) is 0 Å². The Kier molecular flexibility index (Phi) is 7.87. The SMILES string of the molecule is COCCn1c(-c2ccc3c(c2)OCO3)cnc1NCc1ccc(C)cc1.O=C(O)C(=O)O. The van der Waals surface area contributed by atoms with Crippen LogP contribution >= 0.6 is 0 Å². The fourth-order valence-electron chi connectivity index (χ4n) is 3.10. The topological polar surface area (TPSA) is 132 Å². The summed E-state index contributed by atoms with van der Waals surface area (Å²) in [6, 6.07) is 14.4. The molecule has 0 saturated carbocycles. The molecule has 1 aromatic heterocycles. The van der Waals surface area contributed by atoms with E-state index >= 15 is 0 Å². The van der Waals surface area contributed by atoms with Crippen LogP contribution in [0.3, 0.4) is 0 Å². The summed E-state index contributed by atoms with van der Waals surface area (Å²) in [4.78, 5) is 22.8. The Morgan fingerprint density at radius 2 is 1.79 bits per heavy atom. The number of benzene rings is 2. The average molecular weight is 455 g/mol. The minimum Gasteiger partial charge on any atom is -0.473 e. The molecule has 2 heterocycles. The van der Waals surface area contributed by atoms with Gasteiger partial charge in [-0.15, -0.1) is 0 Å². The summed E-state index contributed by atoms with van der Waals surface area (Å²) in [5, 5.41) is 18.2. The second-order valence-corrected chi connectivity index (χ2v) is 7.13. The van der Waals surface area contributed by atoms with Crippen molar-refractivity contribution in [2.24, 2.45) is 0 Å². The summed E-state index contributed by atoms with van der Waals surface area (Å²) >= 11 is 0. The Bertz CT molecular complexity index is 1100. The molecule has 10 nitrogen and oxygen atoms in total. The molecule has 1 aliphatic rings. The number of rotatable bonds is 7. The third-order valence-electron chi connectivity index (χ3n) is 4.80. The summed E-state index contributed by atoms with van der Waals surface area (Å²) in [7, 11) is 1.70. The number of anilines is 1. The van der Waals surface area contributed by atoms with Crippen LogP contribution in [0.15, 0.2) is 48.7 Å². The Hall–Kier alpha value is -4.05. The van der Waals surface area contributed by atoms with Gasteiger partial charge in [-0.1, -0.05) is 29.8 Å². The van der Waals surface area contributed by atoms with Gasteiger partial charge in [0.15, 0.2) is 11.5 Å². The van der Waals surface area contributed by atoms with Gasteiger partial charge in [0.2, 0.25) is 12.7 Å². The van der Waals surface area contributed by atoms with Crippen LogP contribution in [-0.4, -0.2) is 52.2 Å². The monoisotopic (exact) mass is 455 g/mol. The van der Waals surface area contributed by atoms with Crippen LogP contribution < -0.4 is 14.8 Å². The second-order valence-electron chi connectivity index (χ2n) is 7.13. The van der Waals surface area contributed by atoms with E-state index in [9.17, 15) is 0 Å². The lowest BCUT2D eigenvalue weighted by molar-refractivity contribution is -0.159. The maximum absolute atomic E-state index is 9.10. The van der Waals surface area contributed by atoms with E-state index < -0.39 is 11.9 Å². The highest BCUT2D eigenvalue weighted by atomic mass is 16.7. The molecule has 3 N–H and O–H groups in total. The normalized spacial score (nSPS) is 11.5. The molecule has 4 rings (SSSR count). The number of nitrogens with one attached hydrogen (secondary N) is 1. The molecule has 33 heavy (non-hydrogen) atoms. The predicted molar refractivity (Wildman–Crippen MR) is 119 cm³/mol. The van der Waals surface area contributed by atoms with Crippen molar-refractivity contribution in [3.8, 4) is 22.8 Å². The van der Waals surface area contributed by atoms with Crippen molar-refractivity contribution < 1.29 is 34.0 Å². The molecular formula is C23H25N3O7. The van der Waals surface area contributed by atoms with Crippen LogP contribution in [0.2, 0.25) is 0 Å². The zero-order valence-corrected chi connectivity index (χ0v) is 18.3. The number of nitrogens with zero attached hydrogens (tertiary/aromatic N) is 2. The fourth-order valence-corrected chi connectivity index (χ4v) is 3.10. The van der Waals surface area contributed by atoms with Crippen LogP contribution in [0.4, 0.5) is 5.95 Å². The molecule has 10 heteroatoms. The van der Waals surface area contributed by atoms with E-state index in [0.717, 1.165) is 28.7 Å². The van der Waals surface area contributed by atoms with Gasteiger partial charge in [0, 0.05) is 25.8 Å². The maximum atomic E-state index is 9.10. The third kappa shape index (κ3) is 6.23. The summed E-state index contributed by atoms with van der Waals surface area (Å²) in [5.74, 6) is -1.29. The fraction of sp³-hybridized carbons (Fsp3) is 0.261. The third-order valence-corrected chi connectivity index (χ3v) is 4.80. The maximum Gasteiger partial charge on any atom is 0.414 e. The van der Waals surface area contributed by atoms with Gasteiger partial charge in [-0.05, 0) is 30.7 Å². The molecule has 0 atom stereocenters. The molecule has 2 aromatic carbocycles. The van der Waals surface area contributed by atoms with Gasteiger partial charge in [-0.3, -0.25) is 0 Å². The van der Waals surface area contributed by atoms with Crippen LogP contribution in [0.25, 0.3) is 11.3 Å². The van der Waals surface area contributed by atoms with E-state index in [2.05, 4.69) is 46.1 Å². The molecule has 0 saturated heterocycles. The Balaban J connectivity index is 0.000000454. The lowest BCUT2D eigenvalue weighted by Crippen LogP contribution is -2.11. The minimum absolute atomic E-state index is 0.269. The van der Waals surface area contributed by atoms with Crippen LogP contribution in [-0.2, 0) is 27.4 Å². The van der Waals surface area contributed by atoms with E-state index in [1.54, 1.807) is 7.11 Å². The Morgan fingerprint density at radius 3 is 2.45 bits per heavy atom. The smallest absolute Gasteiger partial charge is 0.414 e. The van der Waals surface area contributed by atoms with Crippen molar-refractivity contribution in [2.45, 2.75) is 20.0 Å². The number of carboxylic acids is 2. The molecule has 0 aliphatic carbocycles. The zero-order valence-electron chi connectivity index (χ0n) is 18.3. The summed E-state index contributed by atoms with van der Waals surface area (Å²) < 4.78 is 18.3. The van der Waals surface area contributed by atoms with Gasteiger partial charge in [0.05, 0.1) is 18.5 Å². The molecular weight excluding hydrogens is 430 g/mol. The highest BCUT2D eigenvalue weighted by molar-refractivity contribution is 6.27. The second kappa shape index (κ2) is 11.0. The van der Waals surface area contributed by atoms with Crippen LogP contribution in [0.5, 0.6) is 11.5 Å². The van der Waals surface area contributed by atoms with E-state index in [-0.39, 0.29) is 6.79 Å². The number of carbonyl (C=O) groups is 2. The lowest BCUT2D eigenvalue weighted by atomic mass is 10.1. The molecule has 0 radical (unpaired) electrons. The average Bonchev–Trinajstić information content (AvgIpc) is 3.43. The number of hydrogen-bond donors (Lipinski definition) is 3. The summed E-state index contributed by atoms with van der Waals surface area (Å²) in [5.41, 5.74) is 4.51. The van der Waals surface area contributed by atoms with Gasteiger partial charge in [-0.25, -0.2) is 14.6 Å². The number of fused-ring (bicyclic) bond motifs is 1. The zero-order chi connectivity index (χ0) is 23.8. The van der Waals surface area contributed by atoms with E-state index in [0.29, 0.717) is 19.7 Å². The van der Waals surface area contributed by atoms with Gasteiger partial charge < -0.3 is 34.3 Å². The summed E-state index contributed by atoms with van der Waals surface area (Å²) in [6.45, 7) is 4.38. The van der Waals surface area contributed by atoms with Crippen molar-refractivity contribution in [1.29, 1.82) is 0 Å². The van der Waals surface area contributed by atoms with E-state index in [1.807, 2.05) is 24.4 Å². The number of aromatic nitrogens is 2. The molecule has 1 aliphatic heterocycles. The highest BCUT2D eigenvalue weighted by Crippen LogP contribution is 2.36. The van der Waals surface area contributed by atoms with Gasteiger partial charge in [0.1, 0.15) is 0 Å². The van der Waals surface area contributed by atoms with Crippen molar-refractivity contribution in [3.63, 3.8) is 0 Å². The highest BCUT2D eigenvalue weighted by Gasteiger charge is 2.17. The first-order valence-electron chi connectivity index (χ1n) is 10.1. The van der Waals surface area contributed by atoms with E-state index in [1.165, 1.54) is 11.1 Å². The molecule has 0 unspecified atom stereocenters. The number of ether oxygens (including phenoxy) is 3. The molecule has 0 bridgehead atoms. The number of hydrogen-bond acceptors (Lipinski definition) is 7. The van der Waals surface area contributed by atoms with Crippen LogP contribution in [0, 0.1) is 6.92 Å². The molecule has 0 amide bonds. The first-order chi connectivity index (χ1) is 15.9. The number of aliphatic carboxylic acids is 2. The minimum atomic E-state index is -1.82. The Labute approximate surface area is 190 Å². The lowest BCUT2D eigenvalue weighted by Gasteiger charge is -2.13. The van der Waals surface area contributed by atoms with Crippen LogP contribution in [0.1, 0.15) is 11.1 Å². The number of imidazole rings is 1. The number of methoxy groups -OCH3 is 1. The molecule has 174 valence electrons. The summed E-state index contributed by atoms with van der Waals surface area (Å²) in [6.07, 6.45) is 1.88. The van der Waals surface area contributed by atoms with Crippen molar-refractivity contribution in [2.75, 3.05) is 25.8 Å². The first-order valence-corrected chi connectivity index (χ1v) is 10.1.